The van der Waals surface area contributed by atoms with E-state index in [2.05, 4.69) is 0 Å². The normalized spacial score (nSPS) is 32.5. The van der Waals surface area contributed by atoms with Crippen LogP contribution in [0.5, 0.6) is 0 Å². The lowest BCUT2D eigenvalue weighted by atomic mass is 10.0. The number of primary amides is 1. The second-order valence-electron chi connectivity index (χ2n) is 6.12. The highest BCUT2D eigenvalue weighted by Gasteiger charge is 2.65. The molecule has 2 fully saturated rings. The molecule has 0 aromatic heterocycles. The standard InChI is InChI=1S/C16H19NO5/c1-15(2)20-12-9-8-11(13(17)18)16(12,22-15)21-14(19)10-6-4-3-5-7-10/h3-7,11-12H,8-9H2,1-2H3,(H2,17,18). The van der Waals surface area contributed by atoms with Crippen LogP contribution in [-0.2, 0) is 19.0 Å². The van der Waals surface area contributed by atoms with Crippen molar-refractivity contribution in [3.05, 3.63) is 35.9 Å². The number of carbonyl (C=O) groups is 2. The van der Waals surface area contributed by atoms with E-state index in [0.717, 1.165) is 0 Å². The fourth-order valence-corrected chi connectivity index (χ4v) is 3.25. The van der Waals surface area contributed by atoms with Crippen LogP contribution in [-0.4, -0.2) is 29.6 Å². The van der Waals surface area contributed by atoms with Crippen LogP contribution in [0.3, 0.4) is 0 Å². The van der Waals surface area contributed by atoms with Gasteiger partial charge in [0.1, 0.15) is 12.0 Å². The van der Waals surface area contributed by atoms with Gasteiger partial charge in [0, 0.05) is 0 Å². The number of nitrogens with two attached hydrogens (primary N) is 1. The van der Waals surface area contributed by atoms with E-state index in [0.29, 0.717) is 18.4 Å². The van der Waals surface area contributed by atoms with Crippen molar-refractivity contribution in [2.75, 3.05) is 0 Å². The van der Waals surface area contributed by atoms with Crippen molar-refractivity contribution in [1.82, 2.24) is 0 Å². The van der Waals surface area contributed by atoms with Crippen LogP contribution in [0.4, 0.5) is 0 Å². The molecule has 2 N–H and O–H groups in total. The molecule has 0 spiro atoms. The monoisotopic (exact) mass is 305 g/mol. The average Bonchev–Trinajstić information content (AvgIpc) is 2.88. The molecule has 0 bridgehead atoms. The SMILES string of the molecule is CC1(C)OC2CCC(C(N)=O)C2(OC(=O)c2ccccc2)O1. The molecule has 1 saturated carbocycles. The van der Waals surface area contributed by atoms with Gasteiger partial charge in [-0.05, 0) is 38.8 Å². The summed E-state index contributed by atoms with van der Waals surface area (Å²) in [5, 5.41) is 0. The first kappa shape index (κ1) is 15.0. The highest BCUT2D eigenvalue weighted by molar-refractivity contribution is 5.90. The maximum atomic E-state index is 12.4. The Labute approximate surface area is 128 Å². The molecule has 1 amide bonds. The molecule has 3 rings (SSSR count). The highest BCUT2D eigenvalue weighted by atomic mass is 16.8. The molecule has 6 nitrogen and oxygen atoms in total. The minimum Gasteiger partial charge on any atom is -0.426 e. The van der Waals surface area contributed by atoms with Gasteiger partial charge in [0.15, 0.2) is 5.79 Å². The Morgan fingerprint density at radius 2 is 1.91 bits per heavy atom. The second-order valence-corrected chi connectivity index (χ2v) is 6.12. The molecule has 22 heavy (non-hydrogen) atoms. The van der Waals surface area contributed by atoms with Gasteiger partial charge in [0.25, 0.3) is 5.79 Å². The number of rotatable bonds is 3. The predicted molar refractivity (Wildman–Crippen MR) is 76.5 cm³/mol. The molecule has 1 aliphatic heterocycles. The first-order chi connectivity index (χ1) is 10.3. The maximum absolute atomic E-state index is 12.4. The minimum atomic E-state index is -1.44. The van der Waals surface area contributed by atoms with E-state index < -0.39 is 35.5 Å². The van der Waals surface area contributed by atoms with E-state index in [-0.39, 0.29) is 0 Å². The third-order valence-corrected chi connectivity index (χ3v) is 4.09. The van der Waals surface area contributed by atoms with E-state index in [1.807, 2.05) is 0 Å². The van der Waals surface area contributed by atoms with Crippen LogP contribution >= 0.6 is 0 Å². The van der Waals surface area contributed by atoms with Gasteiger partial charge < -0.3 is 19.9 Å². The Hall–Kier alpha value is -1.92. The summed E-state index contributed by atoms with van der Waals surface area (Å²) in [5.41, 5.74) is 5.86. The Kier molecular flexibility index (Phi) is 3.45. The highest BCUT2D eigenvalue weighted by Crippen LogP contribution is 2.50. The van der Waals surface area contributed by atoms with Crippen LogP contribution in [0.2, 0.25) is 0 Å². The fraction of sp³-hybridized carbons (Fsp3) is 0.500. The van der Waals surface area contributed by atoms with Crippen molar-refractivity contribution < 1.29 is 23.8 Å². The number of hydrogen-bond acceptors (Lipinski definition) is 5. The van der Waals surface area contributed by atoms with Crippen LogP contribution in [0.25, 0.3) is 0 Å². The van der Waals surface area contributed by atoms with E-state index in [4.69, 9.17) is 19.9 Å². The Morgan fingerprint density at radius 3 is 2.55 bits per heavy atom. The van der Waals surface area contributed by atoms with Gasteiger partial charge in [-0.25, -0.2) is 4.79 Å². The number of esters is 1. The lowest BCUT2D eigenvalue weighted by Gasteiger charge is -2.32. The molecule has 2 aliphatic rings. The molecule has 1 saturated heterocycles. The van der Waals surface area contributed by atoms with Gasteiger partial charge in [-0.1, -0.05) is 18.2 Å². The van der Waals surface area contributed by atoms with Gasteiger partial charge in [0.2, 0.25) is 5.91 Å². The fourth-order valence-electron chi connectivity index (χ4n) is 3.25. The Bertz CT molecular complexity index is 600. The first-order valence-corrected chi connectivity index (χ1v) is 7.30. The number of ether oxygens (including phenoxy) is 3. The van der Waals surface area contributed by atoms with E-state index in [1.165, 1.54) is 0 Å². The number of benzene rings is 1. The van der Waals surface area contributed by atoms with Crippen LogP contribution in [0, 0.1) is 5.92 Å². The summed E-state index contributed by atoms with van der Waals surface area (Å²) in [7, 11) is 0. The summed E-state index contributed by atoms with van der Waals surface area (Å²) >= 11 is 0. The van der Waals surface area contributed by atoms with Gasteiger partial charge >= 0.3 is 5.97 Å². The number of carbonyl (C=O) groups excluding carboxylic acids is 2. The third-order valence-electron chi connectivity index (χ3n) is 4.09. The van der Waals surface area contributed by atoms with E-state index >= 15 is 0 Å². The largest absolute Gasteiger partial charge is 0.426 e. The second kappa shape index (κ2) is 5.07. The summed E-state index contributed by atoms with van der Waals surface area (Å²) in [5.74, 6) is -4.20. The zero-order valence-corrected chi connectivity index (χ0v) is 12.6. The topological polar surface area (TPSA) is 87.9 Å². The predicted octanol–water partition coefficient (Wildman–Crippen LogP) is 1.59. The number of amides is 1. The number of fused-ring (bicyclic) bond motifs is 1. The molecule has 1 aromatic carbocycles. The number of hydrogen-bond donors (Lipinski definition) is 1. The van der Waals surface area contributed by atoms with Crippen LogP contribution in [0.15, 0.2) is 30.3 Å². The van der Waals surface area contributed by atoms with Crippen LogP contribution < -0.4 is 5.73 Å². The molecule has 1 aliphatic carbocycles. The molecule has 6 heteroatoms. The summed E-state index contributed by atoms with van der Waals surface area (Å²) in [6, 6.07) is 8.56. The maximum Gasteiger partial charge on any atom is 0.340 e. The van der Waals surface area contributed by atoms with E-state index in [1.54, 1.807) is 44.2 Å². The molecule has 118 valence electrons. The van der Waals surface area contributed by atoms with Gasteiger partial charge in [0.05, 0.1) is 5.56 Å². The van der Waals surface area contributed by atoms with Gasteiger partial charge in [-0.2, -0.15) is 0 Å². The van der Waals surface area contributed by atoms with Crippen LogP contribution in [0.1, 0.15) is 37.0 Å². The van der Waals surface area contributed by atoms with Gasteiger partial charge in [-0.3, -0.25) is 4.79 Å². The van der Waals surface area contributed by atoms with Crippen molar-refractivity contribution >= 4 is 11.9 Å². The van der Waals surface area contributed by atoms with Crippen molar-refractivity contribution in [3.63, 3.8) is 0 Å². The molecule has 3 atom stereocenters. The van der Waals surface area contributed by atoms with E-state index in [9.17, 15) is 9.59 Å². The lowest BCUT2D eigenvalue weighted by Crippen LogP contribution is -2.50. The van der Waals surface area contributed by atoms with Crippen molar-refractivity contribution in [2.45, 2.75) is 44.4 Å². The minimum absolute atomic E-state index is 0.388. The molecule has 3 unspecified atom stereocenters. The molecule has 1 aromatic rings. The van der Waals surface area contributed by atoms with Crippen molar-refractivity contribution in [1.29, 1.82) is 0 Å². The van der Waals surface area contributed by atoms with Crippen molar-refractivity contribution in [3.8, 4) is 0 Å². The first-order valence-electron chi connectivity index (χ1n) is 7.30. The zero-order valence-electron chi connectivity index (χ0n) is 12.6. The summed E-state index contributed by atoms with van der Waals surface area (Å²) < 4.78 is 17.3. The summed E-state index contributed by atoms with van der Waals surface area (Å²) in [6.07, 6.45) is 0.532. The Morgan fingerprint density at radius 1 is 1.23 bits per heavy atom. The van der Waals surface area contributed by atoms with Gasteiger partial charge in [-0.15, -0.1) is 0 Å². The molecular formula is C16H19NO5. The third kappa shape index (κ3) is 2.38. The quantitative estimate of drug-likeness (QED) is 0.857. The molecular weight excluding hydrogens is 286 g/mol. The molecule has 1 heterocycles. The average molecular weight is 305 g/mol. The lowest BCUT2D eigenvalue weighted by molar-refractivity contribution is -0.246. The molecule has 0 radical (unpaired) electrons. The zero-order chi connectivity index (χ0) is 16.0. The van der Waals surface area contributed by atoms with Crippen molar-refractivity contribution in [2.24, 2.45) is 11.7 Å². The Balaban J connectivity index is 1.92. The summed E-state index contributed by atoms with van der Waals surface area (Å²) in [6.45, 7) is 3.45. The smallest absolute Gasteiger partial charge is 0.340 e. The summed E-state index contributed by atoms with van der Waals surface area (Å²) in [4.78, 5) is 24.2.